The Kier molecular flexibility index (Phi) is 4.63. The van der Waals surface area contributed by atoms with Gasteiger partial charge in [-0.1, -0.05) is 0 Å². The van der Waals surface area contributed by atoms with E-state index in [9.17, 15) is 8.42 Å². The molecule has 0 aromatic carbocycles. The van der Waals surface area contributed by atoms with Crippen LogP contribution in [0.3, 0.4) is 0 Å². The second-order valence-corrected chi connectivity index (χ2v) is 8.67. The summed E-state index contributed by atoms with van der Waals surface area (Å²) in [5.41, 5.74) is 1.97. The third kappa shape index (κ3) is 3.27. The van der Waals surface area contributed by atoms with Crippen molar-refractivity contribution in [1.29, 1.82) is 0 Å². The lowest BCUT2D eigenvalue weighted by molar-refractivity contribution is 0.383. The first kappa shape index (κ1) is 18.6. The van der Waals surface area contributed by atoms with E-state index in [1.807, 2.05) is 25.3 Å². The summed E-state index contributed by atoms with van der Waals surface area (Å²) >= 11 is 0. The summed E-state index contributed by atoms with van der Waals surface area (Å²) in [5, 5.41) is 11.1. The predicted molar refractivity (Wildman–Crippen MR) is 103 cm³/mol. The van der Waals surface area contributed by atoms with Crippen LogP contribution in [-0.2, 0) is 10.0 Å². The lowest BCUT2D eigenvalue weighted by atomic mass is 10.3. The summed E-state index contributed by atoms with van der Waals surface area (Å²) in [6, 6.07) is 3.77. The minimum absolute atomic E-state index is 0.277. The topological polar surface area (TPSA) is 113 Å². The molecular weight excluding hydrogens is 380 g/mol. The van der Waals surface area contributed by atoms with Gasteiger partial charge in [0.1, 0.15) is 17.0 Å². The fraction of sp³-hybridized carbons (Fsp3) is 0.412. The first-order valence-electron chi connectivity index (χ1n) is 8.97. The van der Waals surface area contributed by atoms with Crippen LogP contribution < -0.4 is 4.90 Å². The van der Waals surface area contributed by atoms with Crippen LogP contribution in [0.2, 0.25) is 0 Å². The minimum Gasteiger partial charge on any atom is -0.354 e. The Labute approximate surface area is 163 Å². The van der Waals surface area contributed by atoms with E-state index in [2.05, 4.69) is 30.2 Å². The first-order valence-corrected chi connectivity index (χ1v) is 10.4. The summed E-state index contributed by atoms with van der Waals surface area (Å²) in [5.74, 6) is 1.43. The molecule has 11 heteroatoms. The number of hydrogen-bond donors (Lipinski definition) is 1. The normalized spacial score (nSPS) is 15.9. The highest BCUT2D eigenvalue weighted by atomic mass is 32.2. The zero-order valence-electron chi connectivity index (χ0n) is 16.0. The number of aromatic nitrogens is 6. The Hall–Kier alpha value is -2.79. The number of aryl methyl sites for hydroxylation is 3. The average molecular weight is 402 g/mol. The van der Waals surface area contributed by atoms with Gasteiger partial charge in [-0.15, -0.1) is 0 Å². The molecule has 1 fully saturated rings. The van der Waals surface area contributed by atoms with Gasteiger partial charge in [0.05, 0.1) is 17.1 Å². The molecule has 0 bridgehead atoms. The third-order valence-corrected chi connectivity index (χ3v) is 6.98. The fourth-order valence-electron chi connectivity index (χ4n) is 3.39. The number of H-pyrrole nitrogens is 1. The van der Waals surface area contributed by atoms with Crippen molar-refractivity contribution in [1.82, 2.24) is 34.3 Å². The van der Waals surface area contributed by atoms with Gasteiger partial charge < -0.3 is 4.90 Å². The lowest BCUT2D eigenvalue weighted by Crippen LogP contribution is -2.49. The summed E-state index contributed by atoms with van der Waals surface area (Å²) in [7, 11) is -3.57. The number of rotatable bonds is 4. The predicted octanol–water partition coefficient (Wildman–Crippen LogP) is 0.822. The Balaban J connectivity index is 1.50. The highest BCUT2D eigenvalue weighted by Crippen LogP contribution is 2.24. The summed E-state index contributed by atoms with van der Waals surface area (Å²) in [6.45, 7) is 7.20. The quantitative estimate of drug-likeness (QED) is 0.687. The molecule has 10 nitrogen and oxygen atoms in total. The van der Waals surface area contributed by atoms with E-state index in [0.29, 0.717) is 43.4 Å². The van der Waals surface area contributed by atoms with E-state index < -0.39 is 10.0 Å². The van der Waals surface area contributed by atoms with Gasteiger partial charge in [-0.3, -0.25) is 5.10 Å². The molecule has 0 amide bonds. The second-order valence-electron chi connectivity index (χ2n) is 6.79. The highest BCUT2D eigenvalue weighted by molar-refractivity contribution is 7.89. The van der Waals surface area contributed by atoms with Crippen molar-refractivity contribution in [3.63, 3.8) is 0 Å². The summed E-state index contributed by atoms with van der Waals surface area (Å²) < 4.78 is 29.2. The minimum atomic E-state index is -3.57. The molecule has 148 valence electrons. The molecule has 0 unspecified atom stereocenters. The first-order chi connectivity index (χ1) is 13.4. The lowest BCUT2D eigenvalue weighted by Gasteiger charge is -2.34. The van der Waals surface area contributed by atoms with Crippen LogP contribution in [-0.4, -0.2) is 68.8 Å². The van der Waals surface area contributed by atoms with Gasteiger partial charge in [0, 0.05) is 38.4 Å². The van der Waals surface area contributed by atoms with E-state index in [0.717, 1.165) is 11.5 Å². The molecular formula is C17H22N8O2S. The van der Waals surface area contributed by atoms with Gasteiger partial charge in [0.15, 0.2) is 5.82 Å². The smallest absolute Gasteiger partial charge is 0.246 e. The van der Waals surface area contributed by atoms with Crippen LogP contribution in [0.15, 0.2) is 29.6 Å². The van der Waals surface area contributed by atoms with Gasteiger partial charge in [0.25, 0.3) is 0 Å². The molecule has 0 radical (unpaired) electrons. The molecule has 0 spiro atoms. The van der Waals surface area contributed by atoms with Crippen molar-refractivity contribution in [2.24, 2.45) is 0 Å². The maximum Gasteiger partial charge on any atom is 0.246 e. The van der Waals surface area contributed by atoms with Crippen LogP contribution in [0.25, 0.3) is 5.82 Å². The number of nitrogens with one attached hydrogen (secondary N) is 1. The second kappa shape index (κ2) is 6.99. The van der Waals surface area contributed by atoms with E-state index in [1.165, 1.54) is 10.6 Å². The number of nitrogens with zero attached hydrogens (tertiary/aromatic N) is 7. The van der Waals surface area contributed by atoms with Crippen LogP contribution in [0.1, 0.15) is 17.1 Å². The molecule has 0 saturated carbocycles. The van der Waals surface area contributed by atoms with Gasteiger partial charge in [-0.2, -0.15) is 14.5 Å². The van der Waals surface area contributed by atoms with Gasteiger partial charge in [0.2, 0.25) is 10.0 Å². The largest absolute Gasteiger partial charge is 0.354 e. The molecule has 1 aliphatic heterocycles. The maximum atomic E-state index is 13.0. The van der Waals surface area contributed by atoms with Crippen LogP contribution in [0.4, 0.5) is 5.82 Å². The number of piperazine rings is 1. The Bertz CT molecular complexity index is 1080. The molecule has 0 atom stereocenters. The molecule has 0 aliphatic carbocycles. The zero-order chi connectivity index (χ0) is 19.9. The Morgan fingerprint density at radius 2 is 1.75 bits per heavy atom. The standard InChI is InChI=1S/C17H22N8O2S/c1-12-4-5-25(22-12)16-10-15(18-11-19-16)23-6-8-24(9-7-23)28(26,27)17-13(2)20-21-14(17)3/h4-5,10-11H,6-9H2,1-3H3,(H,20,21). The number of sulfonamides is 1. The van der Waals surface area contributed by atoms with Crippen molar-refractivity contribution in [3.05, 3.63) is 41.7 Å². The van der Waals surface area contributed by atoms with E-state index >= 15 is 0 Å². The van der Waals surface area contributed by atoms with E-state index in [4.69, 9.17) is 0 Å². The molecule has 3 aromatic rings. The maximum absolute atomic E-state index is 13.0. The number of aromatic amines is 1. The summed E-state index contributed by atoms with van der Waals surface area (Å²) in [6.07, 6.45) is 3.35. The van der Waals surface area contributed by atoms with Crippen molar-refractivity contribution in [3.8, 4) is 5.82 Å². The molecule has 1 N–H and O–H groups in total. The van der Waals surface area contributed by atoms with Crippen molar-refractivity contribution in [2.45, 2.75) is 25.7 Å². The van der Waals surface area contributed by atoms with Gasteiger partial charge >= 0.3 is 0 Å². The highest BCUT2D eigenvalue weighted by Gasteiger charge is 2.32. The van der Waals surface area contributed by atoms with E-state index in [-0.39, 0.29) is 4.90 Å². The SMILES string of the molecule is Cc1ccn(-c2cc(N3CCN(S(=O)(=O)c4c(C)n[nH]c4C)CC3)ncn2)n1. The van der Waals surface area contributed by atoms with Crippen molar-refractivity contribution < 1.29 is 8.42 Å². The molecule has 28 heavy (non-hydrogen) atoms. The van der Waals surface area contributed by atoms with Gasteiger partial charge in [-0.05, 0) is 26.8 Å². The monoisotopic (exact) mass is 402 g/mol. The molecule has 4 rings (SSSR count). The number of anilines is 1. The van der Waals surface area contributed by atoms with Crippen molar-refractivity contribution >= 4 is 15.8 Å². The van der Waals surface area contributed by atoms with E-state index in [1.54, 1.807) is 18.5 Å². The van der Waals surface area contributed by atoms with Gasteiger partial charge in [-0.25, -0.2) is 23.1 Å². The number of hydrogen-bond acceptors (Lipinski definition) is 7. The molecule has 1 saturated heterocycles. The zero-order valence-corrected chi connectivity index (χ0v) is 16.8. The fourth-order valence-corrected chi connectivity index (χ4v) is 5.14. The van der Waals surface area contributed by atoms with Crippen molar-refractivity contribution in [2.75, 3.05) is 31.1 Å². The molecule has 1 aliphatic rings. The Morgan fingerprint density at radius 1 is 1.04 bits per heavy atom. The average Bonchev–Trinajstić information content (AvgIpc) is 3.27. The Morgan fingerprint density at radius 3 is 2.36 bits per heavy atom. The van der Waals surface area contributed by atoms with Crippen LogP contribution in [0.5, 0.6) is 0 Å². The molecule has 4 heterocycles. The summed E-state index contributed by atoms with van der Waals surface area (Å²) in [4.78, 5) is 11.0. The third-order valence-electron chi connectivity index (χ3n) is 4.82. The molecule has 3 aromatic heterocycles. The van der Waals surface area contributed by atoms with Crippen LogP contribution in [0, 0.1) is 20.8 Å². The van der Waals surface area contributed by atoms with Crippen LogP contribution >= 0.6 is 0 Å².